The van der Waals surface area contributed by atoms with E-state index < -0.39 is 5.60 Å². The third-order valence-corrected chi connectivity index (χ3v) is 3.50. The number of hydrogen-bond acceptors (Lipinski definition) is 3. The van der Waals surface area contributed by atoms with E-state index in [0.717, 1.165) is 25.7 Å². The van der Waals surface area contributed by atoms with Crippen LogP contribution in [-0.2, 0) is 9.53 Å². The van der Waals surface area contributed by atoms with Crippen molar-refractivity contribution in [3.05, 3.63) is 0 Å². The Morgan fingerprint density at radius 1 is 0.909 bits per heavy atom. The summed E-state index contributed by atoms with van der Waals surface area (Å²) in [5, 5.41) is 6.02. The van der Waals surface area contributed by atoms with Crippen LogP contribution in [0.2, 0.25) is 0 Å². The molecule has 0 aromatic rings. The van der Waals surface area contributed by atoms with E-state index in [2.05, 4.69) is 31.4 Å². The van der Waals surface area contributed by atoms with Gasteiger partial charge in [-0.05, 0) is 51.9 Å². The predicted octanol–water partition coefficient (Wildman–Crippen LogP) is 3.37. The van der Waals surface area contributed by atoms with Crippen molar-refractivity contribution in [2.75, 3.05) is 0 Å². The normalized spacial score (nSPS) is 22.8. The molecule has 22 heavy (non-hydrogen) atoms. The molecule has 1 aliphatic carbocycles. The highest BCUT2D eigenvalue weighted by Gasteiger charge is 2.26. The zero-order chi connectivity index (χ0) is 17.0. The van der Waals surface area contributed by atoms with E-state index in [1.807, 2.05) is 20.8 Å². The molecule has 1 saturated carbocycles. The minimum absolute atomic E-state index is 0.0134. The lowest BCUT2D eigenvalue weighted by Gasteiger charge is -2.31. The van der Waals surface area contributed by atoms with E-state index in [4.69, 9.17) is 4.74 Å². The van der Waals surface area contributed by atoms with E-state index in [9.17, 15) is 9.59 Å². The molecule has 5 nitrogen and oxygen atoms in total. The van der Waals surface area contributed by atoms with Gasteiger partial charge in [-0.1, -0.05) is 20.8 Å². The molecule has 0 unspecified atom stereocenters. The summed E-state index contributed by atoms with van der Waals surface area (Å²) in [5.41, 5.74) is -0.457. The number of carbonyl (C=O) groups is 2. The van der Waals surface area contributed by atoms with Crippen LogP contribution in [0.15, 0.2) is 0 Å². The third kappa shape index (κ3) is 8.25. The van der Waals surface area contributed by atoms with Crippen molar-refractivity contribution < 1.29 is 14.3 Å². The van der Waals surface area contributed by atoms with E-state index in [0.29, 0.717) is 6.42 Å². The second-order valence-corrected chi connectivity index (χ2v) is 8.50. The first-order valence-corrected chi connectivity index (χ1v) is 8.23. The summed E-state index contributed by atoms with van der Waals surface area (Å²) in [4.78, 5) is 23.7. The lowest BCUT2D eigenvalue weighted by atomic mass is 9.89. The highest BCUT2D eigenvalue weighted by molar-refractivity contribution is 5.76. The Labute approximate surface area is 134 Å². The van der Waals surface area contributed by atoms with Crippen LogP contribution in [0, 0.1) is 5.41 Å². The fourth-order valence-corrected chi connectivity index (χ4v) is 2.62. The van der Waals surface area contributed by atoms with Gasteiger partial charge in [0.15, 0.2) is 0 Å². The maximum absolute atomic E-state index is 11.9. The zero-order valence-corrected chi connectivity index (χ0v) is 14.9. The Morgan fingerprint density at radius 3 is 1.77 bits per heavy atom. The Kier molecular flexibility index (Phi) is 6.27. The van der Waals surface area contributed by atoms with Crippen LogP contribution in [0.5, 0.6) is 0 Å². The summed E-state index contributed by atoms with van der Waals surface area (Å²) < 4.78 is 5.27. The number of hydrogen-bond donors (Lipinski definition) is 2. The summed E-state index contributed by atoms with van der Waals surface area (Å²) in [6.45, 7) is 11.8. The molecule has 1 fully saturated rings. The number of alkyl carbamates (subject to hydrolysis) is 1. The maximum atomic E-state index is 11.9. The molecule has 2 N–H and O–H groups in total. The van der Waals surface area contributed by atoms with Crippen molar-refractivity contribution in [3.8, 4) is 0 Å². The standard InChI is InChI=1S/C17H32N2O3/c1-16(2,3)11-14(20)18-12-7-9-13(10-8-12)19-15(21)22-17(4,5)6/h12-13H,7-11H2,1-6H3,(H,18,20)(H,19,21). The van der Waals surface area contributed by atoms with Gasteiger partial charge in [0.1, 0.15) is 5.60 Å². The van der Waals surface area contributed by atoms with Gasteiger partial charge in [0.25, 0.3) is 0 Å². The van der Waals surface area contributed by atoms with Crippen LogP contribution in [-0.4, -0.2) is 29.7 Å². The molecule has 0 atom stereocenters. The van der Waals surface area contributed by atoms with Gasteiger partial charge in [-0.3, -0.25) is 4.79 Å². The molecule has 0 aromatic heterocycles. The van der Waals surface area contributed by atoms with Crippen LogP contribution < -0.4 is 10.6 Å². The Balaban J connectivity index is 2.29. The van der Waals surface area contributed by atoms with Gasteiger partial charge in [-0.25, -0.2) is 4.79 Å². The topological polar surface area (TPSA) is 67.4 Å². The highest BCUT2D eigenvalue weighted by Crippen LogP contribution is 2.22. The largest absolute Gasteiger partial charge is 0.444 e. The quantitative estimate of drug-likeness (QED) is 0.839. The summed E-state index contributed by atoms with van der Waals surface area (Å²) in [5.74, 6) is 0.121. The molecule has 5 heteroatoms. The van der Waals surface area contributed by atoms with E-state index >= 15 is 0 Å². The first-order valence-electron chi connectivity index (χ1n) is 8.23. The third-order valence-electron chi connectivity index (χ3n) is 3.50. The minimum atomic E-state index is -0.470. The van der Waals surface area contributed by atoms with E-state index in [-0.39, 0.29) is 29.5 Å². The second-order valence-electron chi connectivity index (χ2n) is 8.50. The first-order chi connectivity index (χ1) is 9.94. The lowest BCUT2D eigenvalue weighted by Crippen LogP contribution is -2.45. The Hall–Kier alpha value is -1.26. The van der Waals surface area contributed by atoms with Crippen LogP contribution in [0.25, 0.3) is 0 Å². The predicted molar refractivity (Wildman–Crippen MR) is 87.6 cm³/mol. The molecular formula is C17H32N2O3. The van der Waals surface area contributed by atoms with E-state index in [1.54, 1.807) is 0 Å². The monoisotopic (exact) mass is 312 g/mol. The molecule has 0 aliphatic heterocycles. The molecule has 2 amide bonds. The van der Waals surface area contributed by atoms with Crippen LogP contribution in [0.3, 0.4) is 0 Å². The van der Waals surface area contributed by atoms with Crippen molar-refractivity contribution in [2.45, 2.75) is 91.3 Å². The summed E-state index contributed by atoms with van der Waals surface area (Å²) >= 11 is 0. The average Bonchev–Trinajstić information content (AvgIpc) is 2.26. The SMILES string of the molecule is CC(C)(C)CC(=O)NC1CCC(NC(=O)OC(C)(C)C)CC1. The fourth-order valence-electron chi connectivity index (χ4n) is 2.62. The van der Waals surface area contributed by atoms with Crippen molar-refractivity contribution in [3.63, 3.8) is 0 Å². The average molecular weight is 312 g/mol. The number of nitrogens with one attached hydrogen (secondary N) is 2. The van der Waals surface area contributed by atoms with Crippen molar-refractivity contribution >= 4 is 12.0 Å². The van der Waals surface area contributed by atoms with Crippen molar-refractivity contribution in [1.29, 1.82) is 0 Å². The number of amides is 2. The number of rotatable bonds is 3. The molecule has 0 bridgehead atoms. The molecular weight excluding hydrogens is 280 g/mol. The van der Waals surface area contributed by atoms with Gasteiger partial charge in [0.2, 0.25) is 5.91 Å². The van der Waals surface area contributed by atoms with Crippen LogP contribution in [0.4, 0.5) is 4.79 Å². The summed E-state index contributed by atoms with van der Waals surface area (Å²) in [6, 6.07) is 0.372. The van der Waals surface area contributed by atoms with Crippen LogP contribution in [0.1, 0.15) is 73.6 Å². The van der Waals surface area contributed by atoms with Crippen LogP contribution >= 0.6 is 0 Å². The molecule has 1 rings (SSSR count). The minimum Gasteiger partial charge on any atom is -0.444 e. The van der Waals surface area contributed by atoms with Gasteiger partial charge in [0.05, 0.1) is 0 Å². The summed E-state index contributed by atoms with van der Waals surface area (Å²) in [6.07, 6.45) is 3.74. The molecule has 0 aromatic carbocycles. The zero-order valence-electron chi connectivity index (χ0n) is 14.9. The van der Waals surface area contributed by atoms with Gasteiger partial charge >= 0.3 is 6.09 Å². The molecule has 0 heterocycles. The Morgan fingerprint density at radius 2 is 1.36 bits per heavy atom. The van der Waals surface area contributed by atoms with Gasteiger partial charge in [0, 0.05) is 18.5 Å². The molecule has 0 saturated heterocycles. The number of ether oxygens (including phenoxy) is 1. The molecule has 0 radical (unpaired) electrons. The van der Waals surface area contributed by atoms with Crippen molar-refractivity contribution in [2.24, 2.45) is 5.41 Å². The van der Waals surface area contributed by atoms with Gasteiger partial charge in [-0.2, -0.15) is 0 Å². The summed E-state index contributed by atoms with van der Waals surface area (Å²) in [7, 11) is 0. The lowest BCUT2D eigenvalue weighted by molar-refractivity contribution is -0.123. The molecule has 1 aliphatic rings. The molecule has 128 valence electrons. The maximum Gasteiger partial charge on any atom is 0.407 e. The van der Waals surface area contributed by atoms with E-state index in [1.165, 1.54) is 0 Å². The number of carbonyl (C=O) groups excluding carboxylic acids is 2. The van der Waals surface area contributed by atoms with Gasteiger partial charge < -0.3 is 15.4 Å². The second kappa shape index (κ2) is 7.34. The molecule has 0 spiro atoms. The Bertz CT molecular complexity index is 348. The first kappa shape index (κ1) is 18.8. The van der Waals surface area contributed by atoms with Gasteiger partial charge in [-0.15, -0.1) is 0 Å². The smallest absolute Gasteiger partial charge is 0.407 e. The fraction of sp³-hybridized carbons (Fsp3) is 0.882. The highest BCUT2D eigenvalue weighted by atomic mass is 16.6. The van der Waals surface area contributed by atoms with Crippen molar-refractivity contribution in [1.82, 2.24) is 10.6 Å².